The van der Waals surface area contributed by atoms with E-state index >= 15 is 0 Å². The molecule has 126 valence electrons. The van der Waals surface area contributed by atoms with Gasteiger partial charge in [0, 0.05) is 18.9 Å². The van der Waals surface area contributed by atoms with E-state index in [2.05, 4.69) is 18.4 Å². The van der Waals surface area contributed by atoms with Crippen molar-refractivity contribution in [3.8, 4) is 0 Å². The molecule has 0 fully saturated rings. The van der Waals surface area contributed by atoms with E-state index in [4.69, 9.17) is 0 Å². The molecule has 1 aromatic heterocycles. The number of nitrogens with zero attached hydrogens (tertiary/aromatic N) is 1. The number of hydrogen-bond donors (Lipinski definition) is 0. The molecule has 22 heavy (non-hydrogen) atoms. The van der Waals surface area contributed by atoms with Crippen molar-refractivity contribution >= 4 is 5.78 Å². The van der Waals surface area contributed by atoms with Gasteiger partial charge in [0.2, 0.25) is 0 Å². The molecule has 0 bridgehead atoms. The largest absolute Gasteiger partial charge is 1.00 e. The molecule has 0 spiro atoms. The number of carbonyl (C=O) groups is 1. The fraction of sp³-hybridized carbons (Fsp3) is 0.684. The number of hydrogen-bond acceptors (Lipinski definition) is 1. The maximum Gasteiger partial charge on any atom is 0.179 e. The van der Waals surface area contributed by atoms with Crippen LogP contribution in [-0.2, 0) is 6.54 Å². The zero-order chi connectivity index (χ0) is 15.3. The summed E-state index contributed by atoms with van der Waals surface area (Å²) in [5.74, 6) is 0.298. The lowest BCUT2D eigenvalue weighted by molar-refractivity contribution is -0.697. The Kier molecular flexibility index (Phi) is 13.2. The van der Waals surface area contributed by atoms with Gasteiger partial charge in [0.25, 0.3) is 0 Å². The van der Waals surface area contributed by atoms with Gasteiger partial charge in [0.05, 0.1) is 5.56 Å². The van der Waals surface area contributed by atoms with Crippen molar-refractivity contribution in [3.63, 3.8) is 0 Å². The van der Waals surface area contributed by atoms with E-state index in [1.807, 2.05) is 24.5 Å². The van der Waals surface area contributed by atoms with Gasteiger partial charge in [-0.2, -0.15) is 0 Å². The lowest BCUT2D eigenvalue weighted by Gasteiger charge is -2.02. The first-order valence-electron chi connectivity index (χ1n) is 8.80. The first kappa shape index (κ1) is 21.1. The summed E-state index contributed by atoms with van der Waals surface area (Å²) in [6.07, 6.45) is 16.1. The fourth-order valence-corrected chi connectivity index (χ4v) is 2.65. The highest BCUT2D eigenvalue weighted by Crippen LogP contribution is 2.11. The second kappa shape index (κ2) is 13.8. The number of carbonyl (C=O) groups excluding carboxylic acids is 1. The van der Waals surface area contributed by atoms with E-state index in [1.54, 1.807) is 0 Å². The van der Waals surface area contributed by atoms with Crippen LogP contribution < -0.4 is 17.0 Å². The van der Waals surface area contributed by atoms with Crippen LogP contribution in [0.25, 0.3) is 0 Å². The molecule has 0 saturated carbocycles. The van der Waals surface area contributed by atoms with E-state index in [0.717, 1.165) is 24.9 Å². The lowest BCUT2D eigenvalue weighted by Crippen LogP contribution is -3.00. The molecule has 0 N–H and O–H groups in total. The molecule has 0 amide bonds. The van der Waals surface area contributed by atoms with Gasteiger partial charge in [-0.15, -0.1) is 0 Å². The van der Waals surface area contributed by atoms with Crippen molar-refractivity contribution in [2.75, 3.05) is 0 Å². The van der Waals surface area contributed by atoms with Crippen molar-refractivity contribution in [2.45, 2.75) is 84.6 Å². The highest BCUT2D eigenvalue weighted by atomic mass is 35.5. The van der Waals surface area contributed by atoms with E-state index in [-0.39, 0.29) is 12.4 Å². The Hall–Kier alpha value is -0.890. The molecule has 2 nitrogen and oxygen atoms in total. The number of aromatic nitrogens is 1. The third-order valence-corrected chi connectivity index (χ3v) is 3.92. The van der Waals surface area contributed by atoms with Crippen molar-refractivity contribution < 1.29 is 21.8 Å². The molecule has 3 heteroatoms. The van der Waals surface area contributed by atoms with Crippen LogP contribution in [0.15, 0.2) is 24.5 Å². The van der Waals surface area contributed by atoms with Gasteiger partial charge in [-0.25, -0.2) is 4.57 Å². The first-order valence-corrected chi connectivity index (χ1v) is 8.80. The summed E-state index contributed by atoms with van der Waals surface area (Å²) in [5.41, 5.74) is 0.869. The van der Waals surface area contributed by atoms with E-state index in [1.165, 1.54) is 44.9 Å². The molecule has 0 saturated heterocycles. The number of unbranched alkanes of at least 4 members (excludes halogenated alkanes) is 7. The topological polar surface area (TPSA) is 20.9 Å². The zero-order valence-corrected chi connectivity index (χ0v) is 15.1. The first-order chi connectivity index (χ1) is 10.3. The summed E-state index contributed by atoms with van der Waals surface area (Å²) in [5, 5.41) is 0. The van der Waals surface area contributed by atoms with Gasteiger partial charge in [-0.1, -0.05) is 58.8 Å². The van der Waals surface area contributed by atoms with Gasteiger partial charge in [0.1, 0.15) is 6.54 Å². The minimum Gasteiger partial charge on any atom is -1.00 e. The molecule has 0 aliphatic rings. The molecule has 0 atom stereocenters. The summed E-state index contributed by atoms with van der Waals surface area (Å²) in [6, 6.07) is 3.93. The molecule has 0 aliphatic heterocycles. The van der Waals surface area contributed by atoms with Crippen LogP contribution >= 0.6 is 0 Å². The van der Waals surface area contributed by atoms with Crippen molar-refractivity contribution in [2.24, 2.45) is 0 Å². The molecule has 1 heterocycles. The van der Waals surface area contributed by atoms with Gasteiger partial charge >= 0.3 is 0 Å². The quantitative estimate of drug-likeness (QED) is 0.327. The second-order valence-corrected chi connectivity index (χ2v) is 5.98. The summed E-state index contributed by atoms with van der Waals surface area (Å²) >= 11 is 0. The zero-order valence-electron chi connectivity index (χ0n) is 14.3. The third-order valence-electron chi connectivity index (χ3n) is 3.92. The van der Waals surface area contributed by atoms with Crippen LogP contribution in [0.1, 0.15) is 88.4 Å². The number of rotatable bonds is 12. The monoisotopic (exact) mass is 325 g/mol. The van der Waals surface area contributed by atoms with Crippen LogP contribution in [0.5, 0.6) is 0 Å². The maximum absolute atomic E-state index is 12.2. The highest BCUT2D eigenvalue weighted by Gasteiger charge is 2.09. The predicted molar refractivity (Wildman–Crippen MR) is 88.5 cm³/mol. The standard InChI is InChI=1S/C19H32NO.ClH/c1-3-5-6-7-8-9-10-11-14-19(21)18-13-12-16-20(17-18)15-4-2;/h12-13,16-17H,3-11,14-15H2,1-2H3;1H/q+1;/p-1. The Morgan fingerprint density at radius 1 is 0.955 bits per heavy atom. The Bertz CT molecular complexity index is 406. The van der Waals surface area contributed by atoms with Gasteiger partial charge in [-0.3, -0.25) is 4.79 Å². The number of Topliss-reactive ketones (excluding diaryl/α,β-unsaturated/α-hetero) is 1. The summed E-state index contributed by atoms with van der Waals surface area (Å²) in [6.45, 7) is 5.39. The highest BCUT2D eigenvalue weighted by molar-refractivity contribution is 5.95. The normalized spacial score (nSPS) is 10.3. The molecule has 1 rings (SSSR count). The third kappa shape index (κ3) is 9.19. The SMILES string of the molecule is CCCCCCCCCCC(=O)c1ccc[n+](CCC)c1.[Cl-]. The molecule has 0 radical (unpaired) electrons. The average molecular weight is 326 g/mol. The summed E-state index contributed by atoms with van der Waals surface area (Å²) < 4.78 is 2.11. The Labute approximate surface area is 142 Å². The summed E-state index contributed by atoms with van der Waals surface area (Å²) in [4.78, 5) is 12.2. The Morgan fingerprint density at radius 3 is 2.23 bits per heavy atom. The van der Waals surface area contributed by atoms with Crippen LogP contribution in [0.3, 0.4) is 0 Å². The van der Waals surface area contributed by atoms with Crippen LogP contribution in [-0.4, -0.2) is 5.78 Å². The molecule has 0 aromatic carbocycles. The van der Waals surface area contributed by atoms with Crippen LogP contribution in [0.4, 0.5) is 0 Å². The van der Waals surface area contributed by atoms with Gasteiger partial charge < -0.3 is 12.4 Å². The van der Waals surface area contributed by atoms with E-state index < -0.39 is 0 Å². The molecule has 1 aromatic rings. The van der Waals surface area contributed by atoms with Crippen molar-refractivity contribution in [1.82, 2.24) is 0 Å². The molecule has 0 unspecified atom stereocenters. The number of halogens is 1. The maximum atomic E-state index is 12.2. The second-order valence-electron chi connectivity index (χ2n) is 5.98. The van der Waals surface area contributed by atoms with Gasteiger partial charge in [-0.05, 0) is 12.5 Å². The van der Waals surface area contributed by atoms with Crippen LogP contribution in [0.2, 0.25) is 0 Å². The van der Waals surface area contributed by atoms with Crippen LogP contribution in [0, 0.1) is 0 Å². The Morgan fingerprint density at radius 2 is 1.59 bits per heavy atom. The molecular formula is C19H32ClNO. The lowest BCUT2D eigenvalue weighted by atomic mass is 10.0. The average Bonchev–Trinajstić information content (AvgIpc) is 2.50. The number of ketones is 1. The number of aryl methyl sites for hydroxylation is 1. The van der Waals surface area contributed by atoms with E-state index in [0.29, 0.717) is 12.2 Å². The molecular weight excluding hydrogens is 294 g/mol. The van der Waals surface area contributed by atoms with Gasteiger partial charge in [0.15, 0.2) is 18.2 Å². The smallest absolute Gasteiger partial charge is 0.179 e. The Balaban J connectivity index is 0.00000441. The molecule has 0 aliphatic carbocycles. The predicted octanol–water partition coefficient (Wildman–Crippen LogP) is 2.10. The minimum atomic E-state index is 0. The minimum absolute atomic E-state index is 0. The van der Waals surface area contributed by atoms with Crippen molar-refractivity contribution in [3.05, 3.63) is 30.1 Å². The number of pyridine rings is 1. The van der Waals surface area contributed by atoms with Crippen molar-refractivity contribution in [1.29, 1.82) is 0 Å². The van der Waals surface area contributed by atoms with E-state index in [9.17, 15) is 4.79 Å². The fourth-order valence-electron chi connectivity index (χ4n) is 2.65. The summed E-state index contributed by atoms with van der Waals surface area (Å²) in [7, 11) is 0.